The van der Waals surface area contributed by atoms with Crippen LogP contribution < -0.4 is 5.73 Å². The molecule has 0 aromatic carbocycles. The van der Waals surface area contributed by atoms with Gasteiger partial charge in [-0.25, -0.2) is 8.42 Å². The number of carbonyl (C=O) groups excluding carboxylic acids is 1. The van der Waals surface area contributed by atoms with E-state index in [1.54, 1.807) is 11.4 Å². The summed E-state index contributed by atoms with van der Waals surface area (Å²) in [5.74, 6) is -0.992. The Morgan fingerprint density at radius 3 is 2.56 bits per heavy atom. The van der Waals surface area contributed by atoms with Crippen LogP contribution in [0.25, 0.3) is 0 Å². The van der Waals surface area contributed by atoms with Crippen molar-refractivity contribution >= 4 is 27.1 Å². The van der Waals surface area contributed by atoms with Crippen molar-refractivity contribution in [3.8, 4) is 0 Å². The molecule has 0 saturated heterocycles. The minimum atomic E-state index is -3.86. The van der Waals surface area contributed by atoms with E-state index in [2.05, 4.69) is 0 Å². The number of amides is 1. The molecule has 2 rings (SSSR count). The zero-order chi connectivity index (χ0) is 12.0. The Bertz CT molecular complexity index is 502. The maximum atomic E-state index is 12.1. The molecule has 0 aliphatic heterocycles. The van der Waals surface area contributed by atoms with E-state index < -0.39 is 26.6 Å². The van der Waals surface area contributed by atoms with Crippen LogP contribution in [0.4, 0.5) is 0 Å². The summed E-state index contributed by atoms with van der Waals surface area (Å²) in [6.07, 6.45) is 0.594. The topological polar surface area (TPSA) is 97.5 Å². The Hall–Kier alpha value is -0.920. The van der Waals surface area contributed by atoms with Crippen molar-refractivity contribution in [2.24, 2.45) is 5.73 Å². The smallest absolute Gasteiger partial charge is 0.239 e. The summed E-state index contributed by atoms with van der Waals surface area (Å²) in [4.78, 5) is 11.2. The number of carbonyl (C=O) groups is 1. The Morgan fingerprint density at radius 2 is 2.19 bits per heavy atom. The fraction of sp³-hybridized carbons (Fsp3) is 0.444. The molecule has 1 atom stereocenters. The first-order valence-corrected chi connectivity index (χ1v) is 7.10. The molecule has 88 valence electrons. The SMILES string of the molecule is NC(=O)C(C1(O)CC1)S(=O)(=O)c1cccs1. The molecule has 0 radical (unpaired) electrons. The van der Waals surface area contributed by atoms with Crippen molar-refractivity contribution in [2.75, 3.05) is 0 Å². The average Bonchev–Trinajstić information content (AvgIpc) is 2.70. The van der Waals surface area contributed by atoms with Gasteiger partial charge < -0.3 is 10.8 Å². The lowest BCUT2D eigenvalue weighted by atomic mass is 10.2. The third-order valence-corrected chi connectivity index (χ3v) is 6.23. The first-order valence-electron chi connectivity index (χ1n) is 4.67. The van der Waals surface area contributed by atoms with Crippen LogP contribution in [0.15, 0.2) is 21.7 Å². The fourth-order valence-corrected chi connectivity index (χ4v) is 4.70. The van der Waals surface area contributed by atoms with Crippen LogP contribution in [-0.4, -0.2) is 30.3 Å². The maximum absolute atomic E-state index is 12.1. The molecule has 5 nitrogen and oxygen atoms in total. The summed E-state index contributed by atoms with van der Waals surface area (Å²) in [5, 5.41) is 9.89. The zero-order valence-electron chi connectivity index (χ0n) is 8.29. The summed E-state index contributed by atoms with van der Waals surface area (Å²) >= 11 is 1.01. The molecule has 0 spiro atoms. The van der Waals surface area contributed by atoms with Gasteiger partial charge >= 0.3 is 0 Å². The standard InChI is InChI=1S/C9H11NO4S2/c10-8(11)7(9(12)3-4-9)16(13,14)6-2-1-5-15-6/h1-2,5,7,12H,3-4H2,(H2,10,11). The predicted molar refractivity (Wildman–Crippen MR) is 58.7 cm³/mol. The van der Waals surface area contributed by atoms with Gasteiger partial charge in [0.05, 0.1) is 5.60 Å². The molecule has 1 amide bonds. The number of sulfone groups is 1. The molecule has 1 aliphatic carbocycles. The number of aliphatic hydroxyl groups is 1. The third-order valence-electron chi connectivity index (χ3n) is 2.59. The second-order valence-corrected chi connectivity index (χ2v) is 7.07. The van der Waals surface area contributed by atoms with Gasteiger partial charge in [-0.1, -0.05) is 6.07 Å². The van der Waals surface area contributed by atoms with Gasteiger partial charge in [-0.05, 0) is 24.3 Å². The first kappa shape index (κ1) is 11.6. The van der Waals surface area contributed by atoms with E-state index >= 15 is 0 Å². The summed E-state index contributed by atoms with van der Waals surface area (Å²) in [6, 6.07) is 2.98. The summed E-state index contributed by atoms with van der Waals surface area (Å²) in [5.41, 5.74) is 3.62. The predicted octanol–water partition coefficient (Wildman–Crippen LogP) is -0.0994. The monoisotopic (exact) mass is 261 g/mol. The molecule has 1 saturated carbocycles. The van der Waals surface area contributed by atoms with Crippen LogP contribution in [0.3, 0.4) is 0 Å². The van der Waals surface area contributed by atoms with Crippen molar-refractivity contribution in [2.45, 2.75) is 27.9 Å². The lowest BCUT2D eigenvalue weighted by molar-refractivity contribution is -0.119. The highest BCUT2D eigenvalue weighted by atomic mass is 32.2. The van der Waals surface area contributed by atoms with Crippen LogP contribution in [0.1, 0.15) is 12.8 Å². The zero-order valence-corrected chi connectivity index (χ0v) is 9.92. The highest BCUT2D eigenvalue weighted by Gasteiger charge is 2.57. The summed E-state index contributed by atoms with van der Waals surface area (Å²) < 4.78 is 24.2. The Balaban J connectivity index is 2.45. The maximum Gasteiger partial charge on any atom is 0.239 e. The van der Waals surface area contributed by atoms with Gasteiger partial charge in [0.2, 0.25) is 15.7 Å². The molecule has 3 N–H and O–H groups in total. The molecular weight excluding hydrogens is 250 g/mol. The molecule has 1 unspecified atom stereocenters. The van der Waals surface area contributed by atoms with Crippen LogP contribution in [0.2, 0.25) is 0 Å². The van der Waals surface area contributed by atoms with Gasteiger partial charge in [0, 0.05) is 0 Å². The molecule has 1 aromatic rings. The Kier molecular flexibility index (Phi) is 2.56. The van der Waals surface area contributed by atoms with Gasteiger partial charge in [-0.15, -0.1) is 11.3 Å². The van der Waals surface area contributed by atoms with Crippen molar-refractivity contribution < 1.29 is 18.3 Å². The van der Waals surface area contributed by atoms with E-state index in [9.17, 15) is 18.3 Å². The number of rotatable bonds is 4. The number of hydrogen-bond acceptors (Lipinski definition) is 5. The van der Waals surface area contributed by atoms with Gasteiger partial charge in [0.15, 0.2) is 5.25 Å². The Morgan fingerprint density at radius 1 is 1.56 bits per heavy atom. The fourth-order valence-electron chi connectivity index (χ4n) is 1.64. The average molecular weight is 261 g/mol. The van der Waals surface area contributed by atoms with Crippen LogP contribution >= 0.6 is 11.3 Å². The minimum Gasteiger partial charge on any atom is -0.388 e. The van der Waals surface area contributed by atoms with Crippen LogP contribution in [0, 0.1) is 0 Å². The van der Waals surface area contributed by atoms with E-state index in [4.69, 9.17) is 5.73 Å². The summed E-state index contributed by atoms with van der Waals surface area (Å²) in [6.45, 7) is 0. The Labute approximate surface area is 96.8 Å². The number of thiophene rings is 1. The van der Waals surface area contributed by atoms with E-state index in [0.717, 1.165) is 11.3 Å². The van der Waals surface area contributed by atoms with Crippen LogP contribution in [0.5, 0.6) is 0 Å². The van der Waals surface area contributed by atoms with Gasteiger partial charge in [-0.2, -0.15) is 0 Å². The molecular formula is C9H11NO4S2. The molecule has 7 heteroatoms. The number of hydrogen-bond donors (Lipinski definition) is 2. The van der Waals surface area contributed by atoms with E-state index in [1.807, 2.05) is 0 Å². The van der Waals surface area contributed by atoms with E-state index in [0.29, 0.717) is 12.8 Å². The normalized spacial score (nSPS) is 20.3. The quantitative estimate of drug-likeness (QED) is 0.791. The second kappa shape index (κ2) is 3.54. The van der Waals surface area contributed by atoms with Crippen molar-refractivity contribution in [1.29, 1.82) is 0 Å². The minimum absolute atomic E-state index is 0.0663. The summed E-state index contributed by atoms with van der Waals surface area (Å²) in [7, 11) is -3.86. The molecule has 1 heterocycles. The van der Waals surface area contributed by atoms with Crippen LogP contribution in [-0.2, 0) is 14.6 Å². The van der Waals surface area contributed by atoms with E-state index in [-0.39, 0.29) is 4.21 Å². The van der Waals surface area contributed by atoms with Gasteiger partial charge in [0.25, 0.3) is 0 Å². The largest absolute Gasteiger partial charge is 0.388 e. The lowest BCUT2D eigenvalue weighted by Gasteiger charge is -2.18. The van der Waals surface area contributed by atoms with Gasteiger partial charge in [-0.3, -0.25) is 4.79 Å². The van der Waals surface area contributed by atoms with E-state index in [1.165, 1.54) is 6.07 Å². The third kappa shape index (κ3) is 1.74. The van der Waals surface area contributed by atoms with Crippen molar-refractivity contribution in [1.82, 2.24) is 0 Å². The van der Waals surface area contributed by atoms with Crippen molar-refractivity contribution in [3.63, 3.8) is 0 Å². The highest BCUT2D eigenvalue weighted by molar-refractivity contribution is 7.94. The van der Waals surface area contributed by atoms with Gasteiger partial charge in [0.1, 0.15) is 4.21 Å². The first-order chi connectivity index (χ1) is 7.38. The molecule has 1 fully saturated rings. The highest BCUT2D eigenvalue weighted by Crippen LogP contribution is 2.43. The number of primary amides is 1. The number of nitrogens with two attached hydrogens (primary N) is 1. The lowest BCUT2D eigenvalue weighted by Crippen LogP contribution is -2.46. The molecule has 1 aliphatic rings. The second-order valence-electron chi connectivity index (χ2n) is 3.86. The molecule has 16 heavy (non-hydrogen) atoms. The molecule has 0 bridgehead atoms. The molecule has 1 aromatic heterocycles. The van der Waals surface area contributed by atoms with Crippen molar-refractivity contribution in [3.05, 3.63) is 17.5 Å².